The molecule has 4 heteroatoms. The maximum absolute atomic E-state index is 4.51. The van der Waals surface area contributed by atoms with Crippen molar-refractivity contribution in [2.75, 3.05) is 25.0 Å². The number of aromatic nitrogens is 2. The van der Waals surface area contributed by atoms with Crippen molar-refractivity contribution in [3.63, 3.8) is 0 Å². The maximum Gasteiger partial charge on any atom is 0.140 e. The van der Waals surface area contributed by atoms with Gasteiger partial charge in [-0.25, -0.2) is 9.97 Å². The normalized spacial score (nSPS) is 19.7. The van der Waals surface area contributed by atoms with Gasteiger partial charge in [0, 0.05) is 24.5 Å². The first kappa shape index (κ1) is 11.4. The van der Waals surface area contributed by atoms with Crippen LogP contribution in [0.2, 0.25) is 0 Å². The molecule has 1 aliphatic heterocycles. The van der Waals surface area contributed by atoms with Crippen molar-refractivity contribution in [1.82, 2.24) is 15.3 Å². The van der Waals surface area contributed by atoms with Crippen LogP contribution in [0.5, 0.6) is 0 Å². The Labute approximate surface area is 107 Å². The Morgan fingerprint density at radius 2 is 2.22 bits per heavy atom. The molecule has 0 radical (unpaired) electrons. The van der Waals surface area contributed by atoms with Crippen LogP contribution in [0.3, 0.4) is 0 Å². The van der Waals surface area contributed by atoms with Crippen LogP contribution in [0.25, 0.3) is 10.9 Å². The molecule has 1 aromatic heterocycles. The Morgan fingerprint density at radius 1 is 1.33 bits per heavy atom. The van der Waals surface area contributed by atoms with Gasteiger partial charge in [0.15, 0.2) is 0 Å². The Hall–Kier alpha value is -1.68. The van der Waals surface area contributed by atoms with Gasteiger partial charge in [0.1, 0.15) is 12.1 Å². The molecule has 0 aliphatic carbocycles. The zero-order chi connectivity index (χ0) is 12.5. The Bertz CT molecular complexity index is 561. The molecule has 1 fully saturated rings. The number of anilines is 1. The molecule has 4 nitrogen and oxygen atoms in total. The van der Waals surface area contributed by atoms with Gasteiger partial charge >= 0.3 is 0 Å². The van der Waals surface area contributed by atoms with Crippen LogP contribution in [0, 0.1) is 6.92 Å². The number of nitrogens with zero attached hydrogens (tertiary/aromatic N) is 3. The standard InChI is InChI=1S/C14H18N4/c1-10-4-3-5-12-13(10)14(17-9-16-12)18-7-6-11(8-18)15-2/h3-5,9,11,15H,6-8H2,1-2H3. The number of aryl methyl sites for hydroxylation is 1. The molecule has 1 aliphatic rings. The van der Waals surface area contributed by atoms with E-state index in [0.29, 0.717) is 6.04 Å². The van der Waals surface area contributed by atoms with Crippen molar-refractivity contribution in [3.05, 3.63) is 30.1 Å². The molecular formula is C14H18N4. The quantitative estimate of drug-likeness (QED) is 0.871. The van der Waals surface area contributed by atoms with Crippen LogP contribution < -0.4 is 10.2 Å². The van der Waals surface area contributed by atoms with E-state index in [9.17, 15) is 0 Å². The predicted octanol–water partition coefficient (Wildman–Crippen LogP) is 1.74. The highest BCUT2D eigenvalue weighted by atomic mass is 15.2. The number of hydrogen-bond acceptors (Lipinski definition) is 4. The summed E-state index contributed by atoms with van der Waals surface area (Å²) in [6.07, 6.45) is 2.84. The van der Waals surface area contributed by atoms with Crippen LogP contribution in [0.1, 0.15) is 12.0 Å². The first-order valence-corrected chi connectivity index (χ1v) is 6.42. The van der Waals surface area contributed by atoms with Crippen molar-refractivity contribution in [2.45, 2.75) is 19.4 Å². The number of nitrogens with one attached hydrogen (secondary N) is 1. The summed E-state index contributed by atoms with van der Waals surface area (Å²) in [4.78, 5) is 11.2. The monoisotopic (exact) mass is 242 g/mol. The average molecular weight is 242 g/mol. The Balaban J connectivity index is 2.07. The molecule has 2 aromatic rings. The fraction of sp³-hybridized carbons (Fsp3) is 0.429. The lowest BCUT2D eigenvalue weighted by Gasteiger charge is -2.19. The number of likely N-dealkylation sites (N-methyl/N-ethyl adjacent to an activating group) is 1. The lowest BCUT2D eigenvalue weighted by molar-refractivity contribution is 0.616. The molecule has 1 N–H and O–H groups in total. The van der Waals surface area contributed by atoms with E-state index in [-0.39, 0.29) is 0 Å². The lowest BCUT2D eigenvalue weighted by Crippen LogP contribution is -2.30. The molecule has 1 saturated heterocycles. The number of fused-ring (bicyclic) bond motifs is 1. The van der Waals surface area contributed by atoms with E-state index in [1.165, 1.54) is 17.4 Å². The first-order chi connectivity index (χ1) is 8.79. The highest BCUT2D eigenvalue weighted by molar-refractivity contribution is 5.92. The number of hydrogen-bond donors (Lipinski definition) is 1. The molecule has 0 bridgehead atoms. The van der Waals surface area contributed by atoms with E-state index in [1.54, 1.807) is 6.33 Å². The van der Waals surface area contributed by atoms with Gasteiger partial charge in [-0.15, -0.1) is 0 Å². The molecule has 1 atom stereocenters. The summed E-state index contributed by atoms with van der Waals surface area (Å²) >= 11 is 0. The second-order valence-corrected chi connectivity index (χ2v) is 4.89. The molecule has 3 rings (SSSR count). The third-order valence-corrected chi connectivity index (χ3v) is 3.75. The number of benzene rings is 1. The maximum atomic E-state index is 4.51. The van der Waals surface area contributed by atoms with Crippen molar-refractivity contribution in [3.8, 4) is 0 Å². The minimum atomic E-state index is 0.569. The zero-order valence-corrected chi connectivity index (χ0v) is 10.8. The third kappa shape index (κ3) is 1.82. The van der Waals surface area contributed by atoms with Crippen LogP contribution >= 0.6 is 0 Å². The fourth-order valence-electron chi connectivity index (χ4n) is 2.69. The molecule has 1 aromatic carbocycles. The van der Waals surface area contributed by atoms with E-state index in [0.717, 1.165) is 24.4 Å². The summed E-state index contributed by atoms with van der Waals surface area (Å²) in [5.74, 6) is 1.08. The van der Waals surface area contributed by atoms with E-state index >= 15 is 0 Å². The molecule has 18 heavy (non-hydrogen) atoms. The largest absolute Gasteiger partial charge is 0.354 e. The summed E-state index contributed by atoms with van der Waals surface area (Å²) < 4.78 is 0. The lowest BCUT2D eigenvalue weighted by atomic mass is 10.1. The second kappa shape index (κ2) is 4.53. The van der Waals surface area contributed by atoms with E-state index < -0.39 is 0 Å². The first-order valence-electron chi connectivity index (χ1n) is 6.42. The molecule has 0 saturated carbocycles. The van der Waals surface area contributed by atoms with Crippen molar-refractivity contribution in [2.24, 2.45) is 0 Å². The van der Waals surface area contributed by atoms with Gasteiger partial charge in [0.25, 0.3) is 0 Å². The summed E-state index contributed by atoms with van der Waals surface area (Å²) in [5.41, 5.74) is 2.28. The van der Waals surface area contributed by atoms with E-state index in [4.69, 9.17) is 0 Å². The van der Waals surface area contributed by atoms with Gasteiger partial charge < -0.3 is 10.2 Å². The summed E-state index contributed by atoms with van der Waals surface area (Å²) in [6, 6.07) is 6.80. The topological polar surface area (TPSA) is 41.0 Å². The Morgan fingerprint density at radius 3 is 3.00 bits per heavy atom. The predicted molar refractivity (Wildman–Crippen MR) is 74.0 cm³/mol. The van der Waals surface area contributed by atoms with Gasteiger partial charge in [-0.05, 0) is 32.0 Å². The molecule has 0 spiro atoms. The summed E-state index contributed by atoms with van der Waals surface area (Å²) in [6.45, 7) is 4.21. The van der Waals surface area contributed by atoms with Gasteiger partial charge in [-0.3, -0.25) is 0 Å². The summed E-state index contributed by atoms with van der Waals surface area (Å²) in [7, 11) is 2.03. The molecule has 2 heterocycles. The fourth-order valence-corrected chi connectivity index (χ4v) is 2.69. The molecule has 1 unspecified atom stereocenters. The molecule has 0 amide bonds. The number of rotatable bonds is 2. The van der Waals surface area contributed by atoms with Crippen molar-refractivity contribution >= 4 is 16.7 Å². The minimum absolute atomic E-state index is 0.569. The van der Waals surface area contributed by atoms with Crippen LogP contribution in [0.15, 0.2) is 24.5 Å². The van der Waals surface area contributed by atoms with Crippen LogP contribution in [-0.2, 0) is 0 Å². The smallest absolute Gasteiger partial charge is 0.140 e. The molecular weight excluding hydrogens is 224 g/mol. The molecule has 94 valence electrons. The minimum Gasteiger partial charge on any atom is -0.354 e. The van der Waals surface area contributed by atoms with Gasteiger partial charge in [-0.1, -0.05) is 12.1 Å². The highest BCUT2D eigenvalue weighted by Crippen LogP contribution is 2.28. The van der Waals surface area contributed by atoms with Gasteiger partial charge in [0.2, 0.25) is 0 Å². The average Bonchev–Trinajstić information content (AvgIpc) is 2.87. The zero-order valence-electron chi connectivity index (χ0n) is 10.8. The van der Waals surface area contributed by atoms with Gasteiger partial charge in [-0.2, -0.15) is 0 Å². The third-order valence-electron chi connectivity index (χ3n) is 3.75. The Kier molecular flexibility index (Phi) is 2.88. The highest BCUT2D eigenvalue weighted by Gasteiger charge is 2.23. The second-order valence-electron chi connectivity index (χ2n) is 4.89. The van der Waals surface area contributed by atoms with Crippen LogP contribution in [0.4, 0.5) is 5.82 Å². The van der Waals surface area contributed by atoms with Gasteiger partial charge in [0.05, 0.1) is 5.52 Å². The SMILES string of the molecule is CNC1CCN(c2ncnc3cccc(C)c23)C1. The van der Waals surface area contributed by atoms with Crippen LogP contribution in [-0.4, -0.2) is 36.1 Å². The summed E-state index contributed by atoms with van der Waals surface area (Å²) in [5, 5.41) is 4.53. The van der Waals surface area contributed by atoms with Crippen molar-refractivity contribution in [1.29, 1.82) is 0 Å². The van der Waals surface area contributed by atoms with E-state index in [2.05, 4.69) is 45.3 Å². The van der Waals surface area contributed by atoms with E-state index in [1.807, 2.05) is 7.05 Å². The van der Waals surface area contributed by atoms with Crippen molar-refractivity contribution < 1.29 is 0 Å².